The van der Waals surface area contributed by atoms with Crippen LogP contribution in [0, 0.1) is 0 Å². The fraction of sp³-hybridized carbons (Fsp3) is 0.529. The van der Waals surface area contributed by atoms with Crippen LogP contribution < -0.4 is 10.6 Å². The van der Waals surface area contributed by atoms with Crippen LogP contribution in [0.3, 0.4) is 0 Å². The van der Waals surface area contributed by atoms with Crippen molar-refractivity contribution in [3.63, 3.8) is 0 Å². The molecule has 0 aliphatic carbocycles. The molecule has 144 valence electrons. The summed E-state index contributed by atoms with van der Waals surface area (Å²) in [6.45, 7) is 1.04. The molecule has 1 aromatic rings. The summed E-state index contributed by atoms with van der Waals surface area (Å²) < 4.78 is 28.4. The van der Waals surface area contributed by atoms with Gasteiger partial charge in [-0.1, -0.05) is 30.3 Å². The van der Waals surface area contributed by atoms with Gasteiger partial charge in [0.1, 0.15) is 0 Å². The van der Waals surface area contributed by atoms with Crippen molar-refractivity contribution in [3.05, 3.63) is 35.9 Å². The van der Waals surface area contributed by atoms with E-state index < -0.39 is 21.8 Å². The van der Waals surface area contributed by atoms with Gasteiger partial charge in [-0.2, -0.15) is 0 Å². The van der Waals surface area contributed by atoms with Crippen LogP contribution in [0.4, 0.5) is 4.79 Å². The Morgan fingerprint density at radius 1 is 1.27 bits per heavy atom. The first-order valence-electron chi connectivity index (χ1n) is 8.44. The number of nitrogens with zero attached hydrogens (tertiary/aromatic N) is 1. The molecule has 3 amide bonds. The minimum atomic E-state index is -3.07. The fourth-order valence-electron chi connectivity index (χ4n) is 2.86. The Morgan fingerprint density at radius 3 is 2.62 bits per heavy atom. The lowest BCUT2D eigenvalue weighted by atomic mass is 10.1. The molecule has 0 radical (unpaired) electrons. The van der Waals surface area contributed by atoms with Crippen molar-refractivity contribution < 1.29 is 22.7 Å². The van der Waals surface area contributed by atoms with Crippen LogP contribution in [0.15, 0.2) is 30.3 Å². The summed E-state index contributed by atoms with van der Waals surface area (Å²) in [7, 11) is -1.56. The smallest absolute Gasteiger partial charge is 0.321 e. The third-order valence-electron chi connectivity index (χ3n) is 4.14. The quantitative estimate of drug-likeness (QED) is 0.619. The lowest BCUT2D eigenvalue weighted by molar-refractivity contribution is -0.121. The summed E-state index contributed by atoms with van der Waals surface area (Å²) >= 11 is 0. The molecular formula is C17H25N3O5S. The van der Waals surface area contributed by atoms with E-state index in [0.717, 1.165) is 5.56 Å². The number of nitrogens with one attached hydrogen (secondary N) is 2. The van der Waals surface area contributed by atoms with E-state index in [1.165, 1.54) is 7.11 Å². The van der Waals surface area contributed by atoms with Crippen molar-refractivity contribution in [2.45, 2.75) is 19.0 Å². The Labute approximate surface area is 153 Å². The first-order valence-corrected chi connectivity index (χ1v) is 10.3. The Kier molecular flexibility index (Phi) is 7.55. The molecule has 0 aromatic heterocycles. The molecule has 0 saturated carbocycles. The number of hydrogen-bond acceptors (Lipinski definition) is 6. The molecule has 0 bridgehead atoms. The van der Waals surface area contributed by atoms with E-state index in [9.17, 15) is 18.0 Å². The standard InChI is InChI=1S/C17H25N3O5S/c1-25-9-8-18-17(22)19-16(21)12-20(11-14-5-3-2-4-6-14)15-7-10-26(23,24)13-15/h2-6,15H,7-13H2,1H3,(H2,18,19,21,22)/t15-/m0/s1. The van der Waals surface area contributed by atoms with Gasteiger partial charge in [-0.15, -0.1) is 0 Å². The third kappa shape index (κ3) is 6.74. The predicted molar refractivity (Wildman–Crippen MR) is 97.3 cm³/mol. The monoisotopic (exact) mass is 383 g/mol. The fourth-order valence-corrected chi connectivity index (χ4v) is 4.62. The summed E-state index contributed by atoms with van der Waals surface area (Å²) in [5, 5.41) is 4.77. The molecule has 1 aliphatic heterocycles. The lowest BCUT2D eigenvalue weighted by Gasteiger charge is -2.27. The molecule has 8 nitrogen and oxygen atoms in total. The highest BCUT2D eigenvalue weighted by Gasteiger charge is 2.33. The normalized spacial score (nSPS) is 18.6. The number of hydrogen-bond donors (Lipinski definition) is 2. The van der Waals surface area contributed by atoms with Gasteiger partial charge < -0.3 is 10.1 Å². The number of methoxy groups -OCH3 is 1. The second kappa shape index (κ2) is 9.65. The van der Waals surface area contributed by atoms with Gasteiger partial charge in [0.2, 0.25) is 5.91 Å². The molecule has 1 aliphatic rings. The van der Waals surface area contributed by atoms with E-state index in [2.05, 4.69) is 10.6 Å². The van der Waals surface area contributed by atoms with E-state index in [0.29, 0.717) is 26.1 Å². The number of ether oxygens (including phenoxy) is 1. The average molecular weight is 383 g/mol. The van der Waals surface area contributed by atoms with Crippen molar-refractivity contribution in [2.75, 3.05) is 38.3 Å². The van der Waals surface area contributed by atoms with E-state index in [1.807, 2.05) is 35.2 Å². The Hall–Kier alpha value is -1.97. The van der Waals surface area contributed by atoms with Crippen molar-refractivity contribution in [3.8, 4) is 0 Å². The number of amides is 3. The first kappa shape index (κ1) is 20.3. The zero-order chi connectivity index (χ0) is 19.0. The number of benzene rings is 1. The largest absolute Gasteiger partial charge is 0.383 e. The van der Waals surface area contributed by atoms with Crippen LogP contribution in [-0.2, 0) is 25.9 Å². The predicted octanol–water partition coefficient (Wildman–Crippen LogP) is 0.148. The minimum absolute atomic E-state index is 0.0349. The van der Waals surface area contributed by atoms with Gasteiger partial charge in [-0.05, 0) is 12.0 Å². The van der Waals surface area contributed by atoms with Gasteiger partial charge >= 0.3 is 6.03 Å². The molecule has 2 rings (SSSR count). The van der Waals surface area contributed by atoms with Crippen molar-refractivity contribution in [1.29, 1.82) is 0 Å². The van der Waals surface area contributed by atoms with E-state index in [1.54, 1.807) is 0 Å². The number of rotatable bonds is 8. The van der Waals surface area contributed by atoms with Crippen LogP contribution in [0.2, 0.25) is 0 Å². The van der Waals surface area contributed by atoms with Crippen LogP contribution in [0.25, 0.3) is 0 Å². The molecule has 1 saturated heterocycles. The van der Waals surface area contributed by atoms with Gasteiger partial charge in [0.15, 0.2) is 9.84 Å². The summed E-state index contributed by atoms with van der Waals surface area (Å²) in [5.74, 6) is -0.310. The van der Waals surface area contributed by atoms with Crippen molar-refractivity contribution in [1.82, 2.24) is 15.5 Å². The Bertz CT molecular complexity index is 708. The number of carbonyl (C=O) groups is 2. The molecule has 1 heterocycles. The number of imide groups is 1. The van der Waals surface area contributed by atoms with Crippen LogP contribution in [0.1, 0.15) is 12.0 Å². The SMILES string of the molecule is COCCNC(=O)NC(=O)CN(Cc1ccccc1)[C@H]1CCS(=O)(=O)C1. The lowest BCUT2D eigenvalue weighted by Crippen LogP contribution is -2.47. The summed E-state index contributed by atoms with van der Waals surface area (Å²) in [5.41, 5.74) is 0.981. The van der Waals surface area contributed by atoms with Gasteiger partial charge in [0.25, 0.3) is 0 Å². The summed E-state index contributed by atoms with van der Waals surface area (Å²) in [6.07, 6.45) is 0.489. The molecular weight excluding hydrogens is 358 g/mol. The Morgan fingerprint density at radius 2 is 2.00 bits per heavy atom. The van der Waals surface area contributed by atoms with Crippen molar-refractivity contribution in [2.24, 2.45) is 0 Å². The molecule has 0 spiro atoms. The second-order valence-electron chi connectivity index (χ2n) is 6.24. The molecule has 1 atom stereocenters. The topological polar surface area (TPSA) is 105 Å². The third-order valence-corrected chi connectivity index (χ3v) is 5.90. The van der Waals surface area contributed by atoms with E-state index in [4.69, 9.17) is 4.74 Å². The maximum absolute atomic E-state index is 12.2. The Balaban J connectivity index is 1.97. The molecule has 26 heavy (non-hydrogen) atoms. The van der Waals surface area contributed by atoms with E-state index in [-0.39, 0.29) is 24.1 Å². The van der Waals surface area contributed by atoms with Crippen LogP contribution in [0.5, 0.6) is 0 Å². The molecule has 1 aromatic carbocycles. The molecule has 9 heteroatoms. The highest BCUT2D eigenvalue weighted by molar-refractivity contribution is 7.91. The maximum Gasteiger partial charge on any atom is 0.321 e. The molecule has 2 N–H and O–H groups in total. The maximum atomic E-state index is 12.2. The highest BCUT2D eigenvalue weighted by atomic mass is 32.2. The number of sulfone groups is 1. The highest BCUT2D eigenvalue weighted by Crippen LogP contribution is 2.19. The van der Waals surface area contributed by atoms with Crippen LogP contribution in [-0.4, -0.2) is 69.6 Å². The van der Waals surface area contributed by atoms with Gasteiger partial charge in [-0.3, -0.25) is 15.0 Å². The molecule has 1 fully saturated rings. The number of carbonyl (C=O) groups excluding carboxylic acids is 2. The van der Waals surface area contributed by atoms with Gasteiger partial charge in [-0.25, -0.2) is 13.2 Å². The van der Waals surface area contributed by atoms with Crippen molar-refractivity contribution >= 4 is 21.8 Å². The number of urea groups is 1. The summed E-state index contributed by atoms with van der Waals surface area (Å²) in [6, 6.07) is 8.70. The average Bonchev–Trinajstić information content (AvgIpc) is 2.95. The summed E-state index contributed by atoms with van der Waals surface area (Å²) in [4.78, 5) is 25.7. The second-order valence-corrected chi connectivity index (χ2v) is 8.47. The van der Waals surface area contributed by atoms with Gasteiger partial charge in [0.05, 0.1) is 24.7 Å². The minimum Gasteiger partial charge on any atom is -0.383 e. The van der Waals surface area contributed by atoms with Gasteiger partial charge in [0, 0.05) is 26.2 Å². The first-order chi connectivity index (χ1) is 12.4. The van der Waals surface area contributed by atoms with E-state index >= 15 is 0 Å². The van der Waals surface area contributed by atoms with Crippen LogP contribution >= 0.6 is 0 Å². The molecule has 0 unspecified atom stereocenters. The zero-order valence-electron chi connectivity index (χ0n) is 14.8. The zero-order valence-corrected chi connectivity index (χ0v) is 15.6.